The smallest absolute Gasteiger partial charge is 0.253 e. The average molecular weight is 294 g/mol. The highest BCUT2D eigenvalue weighted by Gasteiger charge is 2.21. The van der Waals surface area contributed by atoms with E-state index in [1.54, 1.807) is 12.1 Å². The molecule has 1 rings (SSSR count). The predicted molar refractivity (Wildman–Crippen MR) is 86.1 cm³/mol. The second-order valence-electron chi connectivity index (χ2n) is 6.57. The van der Waals surface area contributed by atoms with E-state index in [1.807, 2.05) is 6.92 Å². The summed E-state index contributed by atoms with van der Waals surface area (Å²) in [5.41, 5.74) is 0.781. The van der Waals surface area contributed by atoms with E-state index in [0.29, 0.717) is 30.3 Å². The number of anilines is 1. The minimum Gasteiger partial charge on any atom is -0.382 e. The molecule has 3 nitrogen and oxygen atoms in total. The van der Waals surface area contributed by atoms with Gasteiger partial charge in [0.1, 0.15) is 5.82 Å². The van der Waals surface area contributed by atoms with E-state index in [4.69, 9.17) is 0 Å². The first-order chi connectivity index (χ1) is 9.77. The molecule has 0 fully saturated rings. The molecule has 0 saturated carbocycles. The Balaban J connectivity index is 2.80. The molecule has 0 aromatic heterocycles. The minimum atomic E-state index is -0.389. The number of carbonyl (C=O) groups is 1. The van der Waals surface area contributed by atoms with Crippen molar-refractivity contribution in [1.82, 2.24) is 5.32 Å². The standard InChI is InChI=1S/C17H27FN2O/c1-6-10-19-15-13(8-7-9-14(15)18)16(21)20-11-12(2)17(3,4)5/h7-9,12,19H,6,10-11H2,1-5H3,(H,20,21). The first-order valence-corrected chi connectivity index (χ1v) is 7.58. The molecule has 0 saturated heterocycles. The third-order valence-corrected chi connectivity index (χ3v) is 3.86. The summed E-state index contributed by atoms with van der Waals surface area (Å²) in [4.78, 5) is 12.3. The molecule has 1 aromatic carbocycles. The van der Waals surface area contributed by atoms with Gasteiger partial charge in [-0.1, -0.05) is 40.7 Å². The van der Waals surface area contributed by atoms with Gasteiger partial charge in [0.05, 0.1) is 11.3 Å². The molecule has 0 aliphatic rings. The molecule has 1 aromatic rings. The van der Waals surface area contributed by atoms with Crippen LogP contribution in [0.5, 0.6) is 0 Å². The van der Waals surface area contributed by atoms with Crippen molar-refractivity contribution in [3.63, 3.8) is 0 Å². The summed E-state index contributed by atoms with van der Waals surface area (Å²) >= 11 is 0. The summed E-state index contributed by atoms with van der Waals surface area (Å²) in [5, 5.41) is 5.90. The summed E-state index contributed by atoms with van der Waals surface area (Å²) in [7, 11) is 0. The Labute approximate surface area is 127 Å². The summed E-state index contributed by atoms with van der Waals surface area (Å²) in [6, 6.07) is 4.58. The lowest BCUT2D eigenvalue weighted by Gasteiger charge is -2.27. The van der Waals surface area contributed by atoms with Gasteiger partial charge >= 0.3 is 0 Å². The van der Waals surface area contributed by atoms with Crippen molar-refractivity contribution in [1.29, 1.82) is 0 Å². The zero-order valence-electron chi connectivity index (χ0n) is 13.7. The Morgan fingerprint density at radius 2 is 2.00 bits per heavy atom. The van der Waals surface area contributed by atoms with Crippen LogP contribution < -0.4 is 10.6 Å². The van der Waals surface area contributed by atoms with Crippen molar-refractivity contribution in [3.05, 3.63) is 29.6 Å². The Morgan fingerprint density at radius 3 is 2.57 bits per heavy atom. The van der Waals surface area contributed by atoms with E-state index in [2.05, 4.69) is 38.3 Å². The molecule has 0 aliphatic carbocycles. The zero-order chi connectivity index (χ0) is 16.0. The molecule has 0 radical (unpaired) electrons. The number of benzene rings is 1. The second kappa shape index (κ2) is 7.43. The topological polar surface area (TPSA) is 41.1 Å². The summed E-state index contributed by atoms with van der Waals surface area (Å²) in [5.74, 6) is -0.286. The van der Waals surface area contributed by atoms with E-state index in [1.165, 1.54) is 6.07 Å². The van der Waals surface area contributed by atoms with Crippen LogP contribution in [-0.2, 0) is 0 Å². The predicted octanol–water partition coefficient (Wildman–Crippen LogP) is 4.06. The maximum absolute atomic E-state index is 13.9. The molecule has 0 spiro atoms. The fraction of sp³-hybridized carbons (Fsp3) is 0.588. The van der Waals surface area contributed by atoms with E-state index in [9.17, 15) is 9.18 Å². The number of para-hydroxylation sites is 1. The van der Waals surface area contributed by atoms with E-state index in [0.717, 1.165) is 6.42 Å². The van der Waals surface area contributed by atoms with Crippen molar-refractivity contribution < 1.29 is 9.18 Å². The van der Waals surface area contributed by atoms with Crippen molar-refractivity contribution in [2.24, 2.45) is 11.3 Å². The van der Waals surface area contributed by atoms with Gasteiger partial charge < -0.3 is 10.6 Å². The Hall–Kier alpha value is -1.58. The number of nitrogens with one attached hydrogen (secondary N) is 2. The van der Waals surface area contributed by atoms with Crippen molar-refractivity contribution in [3.8, 4) is 0 Å². The maximum Gasteiger partial charge on any atom is 0.253 e. The molecular weight excluding hydrogens is 267 g/mol. The van der Waals surface area contributed by atoms with Gasteiger partial charge in [0.15, 0.2) is 0 Å². The first-order valence-electron chi connectivity index (χ1n) is 7.58. The fourth-order valence-electron chi connectivity index (χ4n) is 1.79. The largest absolute Gasteiger partial charge is 0.382 e. The van der Waals surface area contributed by atoms with Crippen molar-refractivity contribution >= 4 is 11.6 Å². The van der Waals surface area contributed by atoms with Gasteiger partial charge in [-0.05, 0) is 29.9 Å². The molecule has 118 valence electrons. The van der Waals surface area contributed by atoms with Crippen LogP contribution in [0, 0.1) is 17.2 Å². The lowest BCUT2D eigenvalue weighted by atomic mass is 9.82. The molecule has 1 amide bonds. The van der Waals surface area contributed by atoms with Gasteiger partial charge in [-0.2, -0.15) is 0 Å². The lowest BCUT2D eigenvalue weighted by molar-refractivity contribution is 0.0937. The Morgan fingerprint density at radius 1 is 1.33 bits per heavy atom. The molecule has 1 atom stereocenters. The normalized spacial score (nSPS) is 12.9. The molecule has 0 bridgehead atoms. The first kappa shape index (κ1) is 17.5. The van der Waals surface area contributed by atoms with Crippen LogP contribution >= 0.6 is 0 Å². The van der Waals surface area contributed by atoms with Gasteiger partial charge in [0.2, 0.25) is 0 Å². The summed E-state index contributed by atoms with van der Waals surface area (Å²) in [6.07, 6.45) is 0.871. The number of hydrogen-bond acceptors (Lipinski definition) is 2. The highest BCUT2D eigenvalue weighted by atomic mass is 19.1. The summed E-state index contributed by atoms with van der Waals surface area (Å²) in [6.45, 7) is 11.7. The Bertz CT molecular complexity index is 480. The van der Waals surface area contributed by atoms with Crippen LogP contribution in [0.25, 0.3) is 0 Å². The van der Waals surface area contributed by atoms with Crippen LogP contribution in [0.1, 0.15) is 51.4 Å². The number of hydrogen-bond donors (Lipinski definition) is 2. The average Bonchev–Trinajstić information content (AvgIpc) is 2.41. The number of carbonyl (C=O) groups excluding carboxylic acids is 1. The summed E-state index contributed by atoms with van der Waals surface area (Å²) < 4.78 is 13.9. The molecular formula is C17H27FN2O. The van der Waals surface area contributed by atoms with E-state index in [-0.39, 0.29) is 17.1 Å². The highest BCUT2D eigenvalue weighted by molar-refractivity contribution is 5.99. The number of halogens is 1. The molecule has 21 heavy (non-hydrogen) atoms. The third kappa shape index (κ3) is 5.03. The van der Waals surface area contributed by atoms with Crippen LogP contribution in [0.3, 0.4) is 0 Å². The number of amides is 1. The van der Waals surface area contributed by atoms with Gasteiger partial charge in [-0.25, -0.2) is 4.39 Å². The van der Waals surface area contributed by atoms with Crippen LogP contribution in [-0.4, -0.2) is 19.0 Å². The van der Waals surface area contributed by atoms with Gasteiger partial charge in [-0.3, -0.25) is 4.79 Å². The molecule has 0 aliphatic heterocycles. The molecule has 1 unspecified atom stereocenters. The third-order valence-electron chi connectivity index (χ3n) is 3.86. The monoisotopic (exact) mass is 294 g/mol. The van der Waals surface area contributed by atoms with Crippen molar-refractivity contribution in [2.75, 3.05) is 18.4 Å². The molecule has 0 heterocycles. The van der Waals surface area contributed by atoms with E-state index < -0.39 is 0 Å². The van der Waals surface area contributed by atoms with Gasteiger partial charge in [0.25, 0.3) is 5.91 Å². The van der Waals surface area contributed by atoms with Gasteiger partial charge in [-0.15, -0.1) is 0 Å². The Kier molecular flexibility index (Phi) is 6.19. The lowest BCUT2D eigenvalue weighted by Crippen LogP contribution is -2.34. The van der Waals surface area contributed by atoms with Crippen molar-refractivity contribution in [2.45, 2.75) is 41.0 Å². The molecule has 4 heteroatoms. The minimum absolute atomic E-state index is 0.124. The molecule has 2 N–H and O–H groups in total. The van der Waals surface area contributed by atoms with Crippen LogP contribution in [0.4, 0.5) is 10.1 Å². The zero-order valence-corrected chi connectivity index (χ0v) is 13.7. The quantitative estimate of drug-likeness (QED) is 0.830. The second-order valence-corrected chi connectivity index (χ2v) is 6.57. The fourth-order valence-corrected chi connectivity index (χ4v) is 1.79. The van der Waals surface area contributed by atoms with Gasteiger partial charge in [0, 0.05) is 13.1 Å². The number of rotatable bonds is 6. The maximum atomic E-state index is 13.9. The SMILES string of the molecule is CCCNc1c(F)cccc1C(=O)NCC(C)C(C)(C)C. The van der Waals surface area contributed by atoms with Crippen LogP contribution in [0.15, 0.2) is 18.2 Å². The highest BCUT2D eigenvalue weighted by Crippen LogP contribution is 2.25. The van der Waals surface area contributed by atoms with E-state index >= 15 is 0 Å². The van der Waals surface area contributed by atoms with Crippen LogP contribution in [0.2, 0.25) is 0 Å².